The molecule has 0 bridgehead atoms. The number of likely N-dealkylation sites (N-methyl/N-ethyl adjacent to an activating group) is 1. The largest absolute Gasteiger partial charge is 0.366 e. The van der Waals surface area contributed by atoms with E-state index in [9.17, 15) is 0 Å². The Labute approximate surface area is 140 Å². The monoisotopic (exact) mass is 359 g/mol. The van der Waals surface area contributed by atoms with Crippen LogP contribution >= 0.6 is 15.9 Å². The van der Waals surface area contributed by atoms with Gasteiger partial charge in [-0.15, -0.1) is 0 Å². The van der Waals surface area contributed by atoms with Crippen LogP contribution in [0.25, 0.3) is 10.9 Å². The van der Waals surface area contributed by atoms with E-state index in [1.54, 1.807) is 0 Å². The van der Waals surface area contributed by atoms with Crippen LogP contribution in [0.3, 0.4) is 0 Å². The van der Waals surface area contributed by atoms with E-state index in [0.29, 0.717) is 12.1 Å². The fourth-order valence-corrected chi connectivity index (χ4v) is 4.63. The molecule has 2 atom stereocenters. The third-order valence-electron chi connectivity index (χ3n) is 5.31. The van der Waals surface area contributed by atoms with Gasteiger partial charge in [0, 0.05) is 40.4 Å². The molecule has 2 aromatic rings. The summed E-state index contributed by atoms with van der Waals surface area (Å²) < 4.78 is 1.13. The molecule has 2 fully saturated rings. The molecule has 0 saturated carbocycles. The highest BCUT2D eigenvalue weighted by Gasteiger charge is 2.36. The number of halogens is 1. The summed E-state index contributed by atoms with van der Waals surface area (Å²) in [4.78, 5) is 9.73. The van der Waals surface area contributed by atoms with Crippen LogP contribution in [0.5, 0.6) is 0 Å². The molecule has 2 aliphatic heterocycles. The molecule has 0 amide bonds. The van der Waals surface area contributed by atoms with Gasteiger partial charge in [-0.25, -0.2) is 0 Å². The number of anilines is 1. The third-order valence-corrected chi connectivity index (χ3v) is 5.80. The van der Waals surface area contributed by atoms with Gasteiger partial charge in [0.15, 0.2) is 0 Å². The Morgan fingerprint density at radius 2 is 1.91 bits per heavy atom. The summed E-state index contributed by atoms with van der Waals surface area (Å²) in [6.07, 6.45) is 7.25. The van der Waals surface area contributed by atoms with Crippen molar-refractivity contribution < 1.29 is 0 Å². The van der Waals surface area contributed by atoms with Gasteiger partial charge in [-0.1, -0.05) is 15.9 Å². The summed E-state index contributed by atoms with van der Waals surface area (Å²) in [5.41, 5.74) is 2.44. The van der Waals surface area contributed by atoms with Crippen LogP contribution in [-0.2, 0) is 0 Å². The van der Waals surface area contributed by atoms with Gasteiger partial charge in [0.05, 0.1) is 5.52 Å². The standard InChI is InChI=1S/C18H22BrN3/c1-21-10-2-4-17(21)18-5-3-11-22(18)16-8-9-20-15-7-6-13(19)12-14(15)16/h6-9,12,17-18H,2-5,10-11H2,1H3. The lowest BCUT2D eigenvalue weighted by molar-refractivity contribution is 0.271. The summed E-state index contributed by atoms with van der Waals surface area (Å²) in [6, 6.07) is 9.95. The second-order valence-electron chi connectivity index (χ2n) is 6.58. The highest BCUT2D eigenvalue weighted by atomic mass is 79.9. The van der Waals surface area contributed by atoms with E-state index in [1.807, 2.05) is 6.20 Å². The Hall–Kier alpha value is -1.13. The molecule has 0 N–H and O–H groups in total. The quantitative estimate of drug-likeness (QED) is 0.805. The molecule has 2 saturated heterocycles. The number of rotatable bonds is 2. The maximum atomic E-state index is 4.53. The number of likely N-dealkylation sites (tertiary alicyclic amines) is 1. The minimum absolute atomic E-state index is 0.650. The van der Waals surface area contributed by atoms with E-state index in [-0.39, 0.29) is 0 Å². The van der Waals surface area contributed by atoms with Crippen molar-refractivity contribution >= 4 is 32.5 Å². The smallest absolute Gasteiger partial charge is 0.0723 e. The van der Waals surface area contributed by atoms with E-state index in [4.69, 9.17) is 0 Å². The molecular weight excluding hydrogens is 338 g/mol. The topological polar surface area (TPSA) is 19.4 Å². The van der Waals surface area contributed by atoms with E-state index >= 15 is 0 Å². The number of aromatic nitrogens is 1. The summed E-state index contributed by atoms with van der Waals surface area (Å²) in [7, 11) is 2.29. The van der Waals surface area contributed by atoms with Gasteiger partial charge in [0.1, 0.15) is 0 Å². The van der Waals surface area contributed by atoms with Crippen molar-refractivity contribution in [3.05, 3.63) is 34.9 Å². The number of hydrogen-bond donors (Lipinski definition) is 0. The third kappa shape index (κ3) is 2.42. The summed E-state index contributed by atoms with van der Waals surface area (Å²) >= 11 is 3.61. The van der Waals surface area contributed by atoms with Crippen LogP contribution in [-0.4, -0.2) is 42.1 Å². The first-order valence-electron chi connectivity index (χ1n) is 8.25. The molecule has 0 aliphatic carbocycles. The molecule has 2 unspecified atom stereocenters. The van der Waals surface area contributed by atoms with Crippen molar-refractivity contribution in [2.75, 3.05) is 25.0 Å². The molecular formula is C18H22BrN3. The van der Waals surface area contributed by atoms with Gasteiger partial charge in [-0.05, 0) is 63.5 Å². The Bertz CT molecular complexity index is 687. The Kier molecular flexibility index (Phi) is 3.82. The zero-order chi connectivity index (χ0) is 15.1. The summed E-state index contributed by atoms with van der Waals surface area (Å²) in [5.74, 6) is 0. The van der Waals surface area contributed by atoms with Crippen LogP contribution in [0, 0.1) is 0 Å². The lowest BCUT2D eigenvalue weighted by atomic mass is 10.0. The fourth-order valence-electron chi connectivity index (χ4n) is 4.27. The zero-order valence-corrected chi connectivity index (χ0v) is 14.6. The van der Waals surface area contributed by atoms with Crippen molar-refractivity contribution in [3.63, 3.8) is 0 Å². The van der Waals surface area contributed by atoms with Gasteiger partial charge < -0.3 is 9.80 Å². The highest BCUT2D eigenvalue weighted by Crippen LogP contribution is 2.36. The van der Waals surface area contributed by atoms with Gasteiger partial charge in [-0.3, -0.25) is 4.98 Å². The van der Waals surface area contributed by atoms with Crippen molar-refractivity contribution in [3.8, 4) is 0 Å². The van der Waals surface area contributed by atoms with E-state index in [2.05, 4.69) is 62.0 Å². The highest BCUT2D eigenvalue weighted by molar-refractivity contribution is 9.10. The maximum absolute atomic E-state index is 4.53. The van der Waals surface area contributed by atoms with Gasteiger partial charge >= 0.3 is 0 Å². The molecule has 4 rings (SSSR count). The Balaban J connectivity index is 1.75. The normalized spacial score (nSPS) is 26.2. The number of hydrogen-bond acceptors (Lipinski definition) is 3. The number of pyridine rings is 1. The Morgan fingerprint density at radius 1 is 1.09 bits per heavy atom. The second kappa shape index (κ2) is 5.82. The van der Waals surface area contributed by atoms with Crippen molar-refractivity contribution in [1.82, 2.24) is 9.88 Å². The first-order chi connectivity index (χ1) is 10.7. The molecule has 0 radical (unpaired) electrons. The minimum Gasteiger partial charge on any atom is -0.366 e. The van der Waals surface area contributed by atoms with Crippen LogP contribution in [0.15, 0.2) is 34.9 Å². The maximum Gasteiger partial charge on any atom is 0.0723 e. The molecule has 1 aromatic heterocycles. The molecule has 22 heavy (non-hydrogen) atoms. The summed E-state index contributed by atoms with van der Waals surface area (Å²) in [6.45, 7) is 2.41. The van der Waals surface area contributed by atoms with E-state index in [0.717, 1.165) is 9.99 Å². The predicted molar refractivity (Wildman–Crippen MR) is 95.5 cm³/mol. The fraction of sp³-hybridized carbons (Fsp3) is 0.500. The molecule has 3 nitrogen and oxygen atoms in total. The number of nitrogens with zero attached hydrogens (tertiary/aromatic N) is 3. The van der Waals surface area contributed by atoms with Crippen molar-refractivity contribution in [2.45, 2.75) is 37.8 Å². The molecule has 1 aromatic carbocycles. The molecule has 0 spiro atoms. The first kappa shape index (κ1) is 14.5. The molecule has 3 heterocycles. The van der Waals surface area contributed by atoms with Crippen molar-refractivity contribution in [2.24, 2.45) is 0 Å². The lowest BCUT2D eigenvalue weighted by Gasteiger charge is -2.35. The van der Waals surface area contributed by atoms with Crippen LogP contribution in [0.2, 0.25) is 0 Å². The van der Waals surface area contributed by atoms with Crippen molar-refractivity contribution in [1.29, 1.82) is 0 Å². The lowest BCUT2D eigenvalue weighted by Crippen LogP contribution is -2.44. The van der Waals surface area contributed by atoms with Crippen LogP contribution < -0.4 is 4.90 Å². The average Bonchev–Trinajstić information content (AvgIpc) is 3.14. The Morgan fingerprint density at radius 3 is 2.73 bits per heavy atom. The zero-order valence-electron chi connectivity index (χ0n) is 13.0. The predicted octanol–water partition coefficient (Wildman–Crippen LogP) is 4.06. The number of fused-ring (bicyclic) bond motifs is 1. The SMILES string of the molecule is CN1CCCC1C1CCCN1c1ccnc2ccc(Br)cc12. The summed E-state index contributed by atoms with van der Waals surface area (Å²) in [5, 5.41) is 1.27. The number of benzene rings is 1. The molecule has 4 heteroatoms. The van der Waals surface area contributed by atoms with Crippen LogP contribution in [0.1, 0.15) is 25.7 Å². The van der Waals surface area contributed by atoms with E-state index < -0.39 is 0 Å². The van der Waals surface area contributed by atoms with E-state index in [1.165, 1.54) is 49.8 Å². The van der Waals surface area contributed by atoms with Gasteiger partial charge in [0.2, 0.25) is 0 Å². The molecule has 116 valence electrons. The van der Waals surface area contributed by atoms with Gasteiger partial charge in [-0.2, -0.15) is 0 Å². The second-order valence-corrected chi connectivity index (χ2v) is 7.50. The van der Waals surface area contributed by atoms with Gasteiger partial charge in [0.25, 0.3) is 0 Å². The first-order valence-corrected chi connectivity index (χ1v) is 9.04. The molecule has 2 aliphatic rings. The minimum atomic E-state index is 0.650. The van der Waals surface area contributed by atoms with Crippen LogP contribution in [0.4, 0.5) is 5.69 Å². The average molecular weight is 360 g/mol.